The van der Waals surface area contributed by atoms with Gasteiger partial charge in [-0.05, 0) is 49.2 Å². The molecule has 0 unspecified atom stereocenters. The zero-order valence-corrected chi connectivity index (χ0v) is 10.3. The molecule has 1 aromatic heterocycles. The molecule has 0 fully saturated rings. The average molecular weight is 242 g/mol. The molecule has 2 N–H and O–H groups in total. The molecule has 4 heteroatoms. The molecule has 0 bridgehead atoms. The van der Waals surface area contributed by atoms with Gasteiger partial charge >= 0.3 is 0 Å². The van der Waals surface area contributed by atoms with Crippen LogP contribution in [0.25, 0.3) is 0 Å². The van der Waals surface area contributed by atoms with Crippen molar-refractivity contribution in [3.63, 3.8) is 0 Å². The number of anilines is 1. The summed E-state index contributed by atoms with van der Waals surface area (Å²) < 4.78 is 0. The van der Waals surface area contributed by atoms with Gasteiger partial charge in [0.05, 0.1) is 5.56 Å². The predicted octanol–water partition coefficient (Wildman–Crippen LogP) is 2.66. The number of benzene rings is 1. The van der Waals surface area contributed by atoms with Gasteiger partial charge in [0.25, 0.3) is 5.91 Å². The minimum atomic E-state index is -0.212. The van der Waals surface area contributed by atoms with Gasteiger partial charge in [-0.1, -0.05) is 0 Å². The molecule has 1 aromatic carbocycles. The van der Waals surface area contributed by atoms with Crippen LogP contribution in [-0.2, 0) is 0 Å². The molecule has 0 saturated carbocycles. The first-order valence-electron chi connectivity index (χ1n) is 5.59. The van der Waals surface area contributed by atoms with Crippen LogP contribution in [0.4, 0.5) is 5.69 Å². The average Bonchev–Trinajstić information content (AvgIpc) is 2.34. The van der Waals surface area contributed by atoms with E-state index in [2.05, 4.69) is 10.3 Å². The van der Waals surface area contributed by atoms with Gasteiger partial charge in [0.2, 0.25) is 0 Å². The fourth-order valence-corrected chi connectivity index (χ4v) is 1.62. The third-order valence-electron chi connectivity index (χ3n) is 2.59. The monoisotopic (exact) mass is 242 g/mol. The Balaban J connectivity index is 2.18. The van der Waals surface area contributed by atoms with Gasteiger partial charge in [0, 0.05) is 18.1 Å². The van der Waals surface area contributed by atoms with Crippen LogP contribution in [-0.4, -0.2) is 16.0 Å². The fourth-order valence-electron chi connectivity index (χ4n) is 1.62. The molecule has 92 valence electrons. The van der Waals surface area contributed by atoms with E-state index in [-0.39, 0.29) is 11.7 Å². The first kappa shape index (κ1) is 12.1. The molecule has 0 aliphatic carbocycles. The highest BCUT2D eigenvalue weighted by Gasteiger charge is 2.07. The second kappa shape index (κ2) is 4.87. The Morgan fingerprint density at radius 3 is 2.67 bits per heavy atom. The Kier molecular flexibility index (Phi) is 3.28. The number of nitrogens with one attached hydrogen (secondary N) is 1. The second-order valence-corrected chi connectivity index (χ2v) is 4.21. The zero-order chi connectivity index (χ0) is 13.1. The summed E-state index contributed by atoms with van der Waals surface area (Å²) in [7, 11) is 0. The first-order chi connectivity index (χ1) is 8.56. The van der Waals surface area contributed by atoms with E-state index in [0.717, 1.165) is 11.1 Å². The number of nitrogens with zero attached hydrogens (tertiary/aromatic N) is 1. The van der Waals surface area contributed by atoms with Crippen LogP contribution in [0.2, 0.25) is 0 Å². The maximum atomic E-state index is 11.9. The molecule has 0 aliphatic rings. The number of aromatic nitrogens is 1. The quantitative estimate of drug-likeness (QED) is 0.796. The van der Waals surface area contributed by atoms with E-state index in [1.165, 1.54) is 6.20 Å². The summed E-state index contributed by atoms with van der Waals surface area (Å²) in [5, 5.41) is 12.2. The van der Waals surface area contributed by atoms with Crippen LogP contribution >= 0.6 is 0 Å². The SMILES string of the molecule is Cc1cncc(C(=O)Nc2ccc(O)c(C)c2)c1. The molecular formula is C14H14N2O2. The van der Waals surface area contributed by atoms with E-state index >= 15 is 0 Å². The largest absolute Gasteiger partial charge is 0.508 e. The van der Waals surface area contributed by atoms with E-state index in [1.54, 1.807) is 37.4 Å². The molecule has 2 rings (SSSR count). The van der Waals surface area contributed by atoms with Crippen molar-refractivity contribution < 1.29 is 9.90 Å². The molecule has 0 aliphatic heterocycles. The van der Waals surface area contributed by atoms with Gasteiger partial charge in [-0.25, -0.2) is 0 Å². The topological polar surface area (TPSA) is 62.2 Å². The maximum absolute atomic E-state index is 11.9. The molecule has 0 radical (unpaired) electrons. The summed E-state index contributed by atoms with van der Waals surface area (Å²) in [4.78, 5) is 15.9. The Bertz CT molecular complexity index is 594. The molecule has 1 heterocycles. The van der Waals surface area contributed by atoms with Gasteiger partial charge in [-0.15, -0.1) is 0 Å². The number of pyridine rings is 1. The Hall–Kier alpha value is -2.36. The molecule has 4 nitrogen and oxygen atoms in total. The van der Waals surface area contributed by atoms with E-state index in [4.69, 9.17) is 0 Å². The van der Waals surface area contributed by atoms with Crippen molar-refractivity contribution in [1.82, 2.24) is 4.98 Å². The minimum absolute atomic E-state index is 0.212. The molecule has 1 amide bonds. The van der Waals surface area contributed by atoms with Crippen molar-refractivity contribution in [3.05, 3.63) is 53.3 Å². The van der Waals surface area contributed by atoms with Crippen LogP contribution < -0.4 is 5.32 Å². The van der Waals surface area contributed by atoms with Gasteiger partial charge in [0.15, 0.2) is 0 Å². The highest BCUT2D eigenvalue weighted by molar-refractivity contribution is 6.04. The minimum Gasteiger partial charge on any atom is -0.508 e. The number of phenolic OH excluding ortho intramolecular Hbond substituents is 1. The number of rotatable bonds is 2. The van der Waals surface area contributed by atoms with E-state index in [9.17, 15) is 9.90 Å². The van der Waals surface area contributed by atoms with Crippen molar-refractivity contribution in [1.29, 1.82) is 0 Å². The molecule has 2 aromatic rings. The van der Waals surface area contributed by atoms with Crippen LogP contribution in [0.15, 0.2) is 36.7 Å². The molecular weight excluding hydrogens is 228 g/mol. The first-order valence-corrected chi connectivity index (χ1v) is 5.59. The smallest absolute Gasteiger partial charge is 0.257 e. The second-order valence-electron chi connectivity index (χ2n) is 4.21. The Labute approximate surface area is 105 Å². The van der Waals surface area contributed by atoms with E-state index < -0.39 is 0 Å². The normalized spacial score (nSPS) is 10.1. The lowest BCUT2D eigenvalue weighted by Crippen LogP contribution is -2.12. The lowest BCUT2D eigenvalue weighted by atomic mass is 10.2. The third kappa shape index (κ3) is 2.66. The molecule has 0 atom stereocenters. The lowest BCUT2D eigenvalue weighted by Gasteiger charge is -2.07. The highest BCUT2D eigenvalue weighted by Crippen LogP contribution is 2.20. The number of hydrogen-bond acceptors (Lipinski definition) is 3. The van der Waals surface area contributed by atoms with Crippen molar-refractivity contribution in [2.24, 2.45) is 0 Å². The Morgan fingerprint density at radius 2 is 2.00 bits per heavy atom. The van der Waals surface area contributed by atoms with Crippen LogP contribution in [0.1, 0.15) is 21.5 Å². The predicted molar refractivity (Wildman–Crippen MR) is 69.8 cm³/mol. The number of carbonyl (C=O) groups is 1. The summed E-state index contributed by atoms with van der Waals surface area (Å²) in [6.45, 7) is 3.66. The number of hydrogen-bond donors (Lipinski definition) is 2. The van der Waals surface area contributed by atoms with Crippen LogP contribution in [0, 0.1) is 13.8 Å². The number of phenols is 1. The van der Waals surface area contributed by atoms with Gasteiger partial charge in [-0.2, -0.15) is 0 Å². The number of aryl methyl sites for hydroxylation is 2. The lowest BCUT2D eigenvalue weighted by molar-refractivity contribution is 0.102. The number of aromatic hydroxyl groups is 1. The summed E-state index contributed by atoms with van der Waals surface area (Å²) in [6, 6.07) is 6.70. The summed E-state index contributed by atoms with van der Waals surface area (Å²) in [6.07, 6.45) is 3.22. The van der Waals surface area contributed by atoms with Crippen LogP contribution in [0.5, 0.6) is 5.75 Å². The van der Waals surface area contributed by atoms with Crippen LogP contribution in [0.3, 0.4) is 0 Å². The van der Waals surface area contributed by atoms with Crippen molar-refractivity contribution >= 4 is 11.6 Å². The number of carbonyl (C=O) groups excluding carboxylic acids is 1. The van der Waals surface area contributed by atoms with Crippen molar-refractivity contribution in [2.75, 3.05) is 5.32 Å². The third-order valence-corrected chi connectivity index (χ3v) is 2.59. The number of amides is 1. The standard InChI is InChI=1S/C14H14N2O2/c1-9-5-11(8-15-7-9)14(18)16-12-3-4-13(17)10(2)6-12/h3-8,17H,1-2H3,(H,16,18). The van der Waals surface area contributed by atoms with Gasteiger partial charge in [0.1, 0.15) is 5.75 Å². The Morgan fingerprint density at radius 1 is 1.22 bits per heavy atom. The van der Waals surface area contributed by atoms with E-state index in [1.807, 2.05) is 6.92 Å². The van der Waals surface area contributed by atoms with E-state index in [0.29, 0.717) is 11.3 Å². The summed E-state index contributed by atoms with van der Waals surface area (Å²) in [5.41, 5.74) is 2.82. The molecule has 0 spiro atoms. The van der Waals surface area contributed by atoms with Crippen molar-refractivity contribution in [2.45, 2.75) is 13.8 Å². The highest BCUT2D eigenvalue weighted by atomic mass is 16.3. The maximum Gasteiger partial charge on any atom is 0.257 e. The fraction of sp³-hybridized carbons (Fsp3) is 0.143. The summed E-state index contributed by atoms with van der Waals surface area (Å²) >= 11 is 0. The zero-order valence-electron chi connectivity index (χ0n) is 10.3. The summed E-state index contributed by atoms with van der Waals surface area (Å²) in [5.74, 6) is 0.00140. The van der Waals surface area contributed by atoms with Gasteiger partial charge in [-0.3, -0.25) is 9.78 Å². The molecule has 18 heavy (non-hydrogen) atoms. The molecule has 0 saturated heterocycles. The van der Waals surface area contributed by atoms with Crippen molar-refractivity contribution in [3.8, 4) is 5.75 Å². The van der Waals surface area contributed by atoms with Gasteiger partial charge < -0.3 is 10.4 Å².